The molecule has 5 heteroatoms. The number of aromatic nitrogens is 1. The second-order valence-corrected chi connectivity index (χ2v) is 8.50. The monoisotopic (exact) mass is 379 g/mol. The van der Waals surface area contributed by atoms with Crippen LogP contribution in [0.1, 0.15) is 23.4 Å². The number of carbonyl (C=O) groups is 1. The van der Waals surface area contributed by atoms with Crippen LogP contribution >= 0.6 is 11.3 Å². The number of carbonyl (C=O) groups excluding carboxylic acids is 1. The van der Waals surface area contributed by atoms with Crippen molar-refractivity contribution in [2.75, 3.05) is 25.5 Å². The lowest BCUT2D eigenvalue weighted by molar-refractivity contribution is -0.119. The van der Waals surface area contributed by atoms with Gasteiger partial charge < -0.3 is 9.80 Å². The van der Waals surface area contributed by atoms with E-state index >= 15 is 0 Å². The number of hydrogen-bond acceptors (Lipinski definition) is 4. The standard InChI is InChI=1S/C22H25N3OS/c1-24(2)17-14-16-8-3-5-10-19(16)25(15-17)22(26)13-7-12-21-23-18-9-4-6-11-20(18)27-21/h3-6,8-11,17H,7,12-15H2,1-2H3. The summed E-state index contributed by atoms with van der Waals surface area (Å²) in [5.41, 5.74) is 3.41. The summed E-state index contributed by atoms with van der Waals surface area (Å²) in [7, 11) is 4.18. The van der Waals surface area contributed by atoms with Crippen LogP contribution in [0.15, 0.2) is 48.5 Å². The van der Waals surface area contributed by atoms with Crippen LogP contribution in [0.5, 0.6) is 0 Å². The molecule has 1 unspecified atom stereocenters. The van der Waals surface area contributed by atoms with Crippen LogP contribution in [0.3, 0.4) is 0 Å². The minimum atomic E-state index is 0.218. The van der Waals surface area contributed by atoms with E-state index in [1.54, 1.807) is 11.3 Å². The zero-order chi connectivity index (χ0) is 18.8. The molecule has 0 radical (unpaired) electrons. The number of aryl methyl sites for hydroxylation is 1. The smallest absolute Gasteiger partial charge is 0.227 e. The van der Waals surface area contributed by atoms with Crippen molar-refractivity contribution in [2.24, 2.45) is 0 Å². The van der Waals surface area contributed by atoms with Crippen molar-refractivity contribution in [1.29, 1.82) is 0 Å². The van der Waals surface area contributed by atoms with Crippen LogP contribution in [0.25, 0.3) is 10.2 Å². The molecule has 3 aromatic rings. The molecule has 2 aromatic carbocycles. The van der Waals surface area contributed by atoms with E-state index in [-0.39, 0.29) is 5.91 Å². The van der Waals surface area contributed by atoms with E-state index < -0.39 is 0 Å². The maximum absolute atomic E-state index is 13.0. The molecular weight excluding hydrogens is 354 g/mol. The van der Waals surface area contributed by atoms with Crippen LogP contribution in [-0.4, -0.2) is 42.5 Å². The van der Waals surface area contributed by atoms with Gasteiger partial charge in [-0.05, 0) is 57.1 Å². The molecule has 2 heterocycles. The van der Waals surface area contributed by atoms with Gasteiger partial charge in [0.15, 0.2) is 0 Å². The lowest BCUT2D eigenvalue weighted by Crippen LogP contribution is -2.48. The Kier molecular flexibility index (Phi) is 5.23. The Bertz CT molecular complexity index is 916. The predicted molar refractivity (Wildman–Crippen MR) is 113 cm³/mol. The van der Waals surface area contributed by atoms with Gasteiger partial charge in [-0.2, -0.15) is 0 Å². The summed E-state index contributed by atoms with van der Waals surface area (Å²) in [6.07, 6.45) is 3.25. The van der Waals surface area contributed by atoms with Gasteiger partial charge in [0.25, 0.3) is 0 Å². The number of thiazole rings is 1. The number of para-hydroxylation sites is 2. The van der Waals surface area contributed by atoms with Crippen molar-refractivity contribution in [3.05, 3.63) is 59.1 Å². The second-order valence-electron chi connectivity index (χ2n) is 7.38. The number of amides is 1. The highest BCUT2D eigenvalue weighted by Gasteiger charge is 2.28. The fraction of sp³-hybridized carbons (Fsp3) is 0.364. The van der Waals surface area contributed by atoms with E-state index in [1.165, 1.54) is 10.3 Å². The van der Waals surface area contributed by atoms with Gasteiger partial charge >= 0.3 is 0 Å². The first-order valence-corrected chi connectivity index (χ1v) is 10.3. The number of nitrogens with zero attached hydrogens (tertiary/aromatic N) is 3. The molecule has 0 N–H and O–H groups in total. The Balaban J connectivity index is 1.42. The summed E-state index contributed by atoms with van der Waals surface area (Å²) in [4.78, 5) is 21.9. The normalized spacial score (nSPS) is 16.7. The molecule has 0 fully saturated rings. The molecule has 1 aliphatic rings. The first kappa shape index (κ1) is 18.1. The summed E-state index contributed by atoms with van der Waals surface area (Å²) >= 11 is 1.73. The third-order valence-electron chi connectivity index (χ3n) is 5.28. The number of likely N-dealkylation sites (N-methyl/N-ethyl adjacent to an activating group) is 1. The van der Waals surface area contributed by atoms with E-state index in [1.807, 2.05) is 29.2 Å². The van der Waals surface area contributed by atoms with Crippen molar-refractivity contribution in [3.8, 4) is 0 Å². The maximum Gasteiger partial charge on any atom is 0.227 e. The number of benzene rings is 2. The lowest BCUT2D eigenvalue weighted by Gasteiger charge is -2.37. The van der Waals surface area contributed by atoms with Crippen molar-refractivity contribution in [1.82, 2.24) is 9.88 Å². The fourth-order valence-corrected chi connectivity index (χ4v) is 4.72. The second kappa shape index (κ2) is 7.79. The number of hydrogen-bond donors (Lipinski definition) is 0. The Morgan fingerprint density at radius 2 is 1.96 bits per heavy atom. The van der Waals surface area contributed by atoms with E-state index in [0.29, 0.717) is 12.5 Å². The number of anilines is 1. The molecule has 1 atom stereocenters. The Morgan fingerprint density at radius 1 is 1.19 bits per heavy atom. The highest BCUT2D eigenvalue weighted by Crippen LogP contribution is 2.29. The van der Waals surface area contributed by atoms with Gasteiger partial charge in [0.1, 0.15) is 0 Å². The maximum atomic E-state index is 13.0. The summed E-state index contributed by atoms with van der Waals surface area (Å²) in [6, 6.07) is 16.9. The molecule has 1 amide bonds. The van der Waals surface area contributed by atoms with Crippen LogP contribution in [0.4, 0.5) is 5.69 Å². The van der Waals surface area contributed by atoms with Gasteiger partial charge in [-0.15, -0.1) is 11.3 Å². The van der Waals surface area contributed by atoms with Gasteiger partial charge in [0, 0.05) is 24.7 Å². The average Bonchev–Trinajstić information content (AvgIpc) is 3.09. The Hall–Kier alpha value is -2.24. The molecule has 1 aliphatic heterocycles. The highest BCUT2D eigenvalue weighted by molar-refractivity contribution is 7.18. The minimum absolute atomic E-state index is 0.218. The largest absolute Gasteiger partial charge is 0.311 e. The van der Waals surface area contributed by atoms with Gasteiger partial charge in [-0.1, -0.05) is 30.3 Å². The fourth-order valence-electron chi connectivity index (χ4n) is 3.71. The van der Waals surface area contributed by atoms with Crippen LogP contribution in [0, 0.1) is 0 Å². The van der Waals surface area contributed by atoms with Gasteiger partial charge in [0.2, 0.25) is 5.91 Å². The SMILES string of the molecule is CN(C)C1Cc2ccccc2N(C(=O)CCCc2nc3ccccc3s2)C1. The van der Waals surface area contributed by atoms with Crippen molar-refractivity contribution in [3.63, 3.8) is 0 Å². The molecular formula is C22H25N3OS. The summed E-state index contributed by atoms with van der Waals surface area (Å²) in [5.74, 6) is 0.218. The summed E-state index contributed by atoms with van der Waals surface area (Å²) < 4.78 is 1.22. The van der Waals surface area contributed by atoms with Crippen molar-refractivity contribution >= 4 is 33.1 Å². The Labute approximate surface area is 164 Å². The highest BCUT2D eigenvalue weighted by atomic mass is 32.1. The predicted octanol–water partition coefficient (Wildman–Crippen LogP) is 4.14. The molecule has 0 saturated carbocycles. The van der Waals surface area contributed by atoms with E-state index in [4.69, 9.17) is 0 Å². The molecule has 1 aromatic heterocycles. The molecule has 0 aliphatic carbocycles. The summed E-state index contributed by atoms with van der Waals surface area (Å²) in [5, 5.41) is 1.12. The topological polar surface area (TPSA) is 36.4 Å². The zero-order valence-corrected chi connectivity index (χ0v) is 16.7. The number of fused-ring (bicyclic) bond motifs is 2. The number of rotatable bonds is 5. The van der Waals surface area contributed by atoms with Crippen LogP contribution in [0.2, 0.25) is 0 Å². The quantitative estimate of drug-likeness (QED) is 0.668. The van der Waals surface area contributed by atoms with E-state index in [0.717, 1.165) is 42.0 Å². The molecule has 4 rings (SSSR count). The minimum Gasteiger partial charge on any atom is -0.311 e. The average molecular weight is 380 g/mol. The molecule has 0 spiro atoms. The third kappa shape index (κ3) is 3.89. The molecule has 4 nitrogen and oxygen atoms in total. The summed E-state index contributed by atoms with van der Waals surface area (Å²) in [6.45, 7) is 0.768. The van der Waals surface area contributed by atoms with Gasteiger partial charge in [-0.3, -0.25) is 4.79 Å². The van der Waals surface area contributed by atoms with Crippen LogP contribution < -0.4 is 4.90 Å². The van der Waals surface area contributed by atoms with Crippen molar-refractivity contribution in [2.45, 2.75) is 31.7 Å². The van der Waals surface area contributed by atoms with Gasteiger partial charge in [0.05, 0.1) is 15.2 Å². The first-order valence-electron chi connectivity index (χ1n) is 9.51. The van der Waals surface area contributed by atoms with E-state index in [2.05, 4.69) is 48.2 Å². The molecule has 0 bridgehead atoms. The zero-order valence-electron chi connectivity index (χ0n) is 15.9. The van der Waals surface area contributed by atoms with Crippen molar-refractivity contribution < 1.29 is 4.79 Å². The van der Waals surface area contributed by atoms with E-state index in [9.17, 15) is 4.79 Å². The molecule has 140 valence electrons. The molecule has 0 saturated heterocycles. The Morgan fingerprint density at radius 3 is 2.78 bits per heavy atom. The lowest BCUT2D eigenvalue weighted by atomic mass is 9.96. The molecule has 27 heavy (non-hydrogen) atoms. The van der Waals surface area contributed by atoms with Gasteiger partial charge in [-0.25, -0.2) is 4.98 Å². The van der Waals surface area contributed by atoms with Crippen LogP contribution in [-0.2, 0) is 17.6 Å². The first-order chi connectivity index (χ1) is 13.1. The third-order valence-corrected chi connectivity index (χ3v) is 6.38.